The van der Waals surface area contributed by atoms with Gasteiger partial charge in [-0.2, -0.15) is 9.40 Å². The molecule has 0 radical (unpaired) electrons. The number of nitrogens with zero attached hydrogens (tertiary/aromatic N) is 3. The predicted octanol–water partition coefficient (Wildman–Crippen LogP) is 3.29. The lowest BCUT2D eigenvalue weighted by Crippen LogP contribution is -2.30. The molecule has 0 spiro atoms. The lowest BCUT2D eigenvalue weighted by atomic mass is 10.1. The van der Waals surface area contributed by atoms with Crippen molar-refractivity contribution in [3.63, 3.8) is 0 Å². The Hall–Kier alpha value is -3.23. The number of nitrogens with one attached hydrogen (secondary N) is 1. The topological polar surface area (TPSA) is 84.3 Å². The van der Waals surface area contributed by atoms with Gasteiger partial charge in [-0.3, -0.25) is 9.48 Å². The van der Waals surface area contributed by atoms with Crippen molar-refractivity contribution in [1.29, 1.82) is 0 Å². The second kappa shape index (κ2) is 10.9. The van der Waals surface area contributed by atoms with Gasteiger partial charge in [0, 0.05) is 38.1 Å². The molecule has 0 bridgehead atoms. The molecular formula is C24H28N4O3S. The van der Waals surface area contributed by atoms with E-state index >= 15 is 0 Å². The van der Waals surface area contributed by atoms with Crippen LogP contribution in [0.1, 0.15) is 30.5 Å². The summed E-state index contributed by atoms with van der Waals surface area (Å²) in [7, 11) is -3.49. The molecule has 1 aromatic heterocycles. The third kappa shape index (κ3) is 5.93. The molecule has 1 heterocycles. The first-order chi connectivity index (χ1) is 15.4. The van der Waals surface area contributed by atoms with Crippen LogP contribution < -0.4 is 5.32 Å². The van der Waals surface area contributed by atoms with Crippen LogP contribution in [0.15, 0.2) is 78.0 Å². The first-order valence-corrected chi connectivity index (χ1v) is 12.0. The van der Waals surface area contributed by atoms with Crippen molar-refractivity contribution in [3.8, 4) is 0 Å². The summed E-state index contributed by atoms with van der Waals surface area (Å²) < 4.78 is 28.4. The molecule has 0 unspecified atom stereocenters. The Kier molecular flexibility index (Phi) is 7.97. The van der Waals surface area contributed by atoms with E-state index in [1.54, 1.807) is 36.5 Å². The number of benzene rings is 2. The highest BCUT2D eigenvalue weighted by Gasteiger charge is 2.20. The van der Waals surface area contributed by atoms with Crippen LogP contribution in [0, 0.1) is 0 Å². The van der Waals surface area contributed by atoms with Crippen molar-refractivity contribution in [3.05, 3.63) is 89.8 Å². The van der Waals surface area contributed by atoms with Gasteiger partial charge in [0.2, 0.25) is 15.9 Å². The van der Waals surface area contributed by atoms with Crippen LogP contribution >= 0.6 is 0 Å². The fourth-order valence-corrected chi connectivity index (χ4v) is 4.79. The van der Waals surface area contributed by atoms with Gasteiger partial charge in [0.1, 0.15) is 0 Å². The second-order valence-electron chi connectivity index (χ2n) is 7.18. The van der Waals surface area contributed by atoms with Gasteiger partial charge in [-0.15, -0.1) is 0 Å². The minimum Gasteiger partial charge on any atom is -0.348 e. The molecule has 8 heteroatoms. The Bertz CT molecular complexity index is 1150. The maximum atomic E-state index is 12.6. The zero-order valence-electron chi connectivity index (χ0n) is 18.3. The van der Waals surface area contributed by atoms with E-state index in [1.807, 2.05) is 55.1 Å². The number of amides is 1. The molecule has 1 amide bonds. The van der Waals surface area contributed by atoms with E-state index in [0.29, 0.717) is 26.2 Å². The molecule has 0 fully saturated rings. The van der Waals surface area contributed by atoms with Crippen molar-refractivity contribution in [2.24, 2.45) is 0 Å². The largest absolute Gasteiger partial charge is 0.348 e. The fraction of sp³-hybridized carbons (Fsp3) is 0.250. The van der Waals surface area contributed by atoms with Crippen LogP contribution in [-0.4, -0.2) is 41.5 Å². The normalized spacial score (nSPS) is 11.8. The first kappa shape index (κ1) is 23.4. The molecule has 0 aliphatic rings. The molecule has 7 nitrogen and oxygen atoms in total. The smallest absolute Gasteiger partial charge is 0.244 e. The van der Waals surface area contributed by atoms with Crippen LogP contribution in [0.25, 0.3) is 6.08 Å². The average molecular weight is 453 g/mol. The van der Waals surface area contributed by atoms with E-state index in [-0.39, 0.29) is 10.8 Å². The molecule has 2 aromatic carbocycles. The summed E-state index contributed by atoms with van der Waals surface area (Å²) >= 11 is 0. The van der Waals surface area contributed by atoms with Gasteiger partial charge in [0.15, 0.2) is 0 Å². The summed E-state index contributed by atoms with van der Waals surface area (Å²) in [6.07, 6.45) is 6.75. The van der Waals surface area contributed by atoms with Crippen molar-refractivity contribution in [1.82, 2.24) is 19.4 Å². The lowest BCUT2D eigenvalue weighted by Gasteiger charge is -2.18. The van der Waals surface area contributed by atoms with E-state index in [2.05, 4.69) is 10.4 Å². The van der Waals surface area contributed by atoms with E-state index in [0.717, 1.165) is 16.7 Å². The summed E-state index contributed by atoms with van der Waals surface area (Å²) in [5.41, 5.74) is 2.86. The first-order valence-electron chi connectivity index (χ1n) is 10.5. The monoisotopic (exact) mass is 452 g/mol. The average Bonchev–Trinajstić information content (AvgIpc) is 3.31. The van der Waals surface area contributed by atoms with E-state index in [4.69, 9.17) is 0 Å². The molecule has 3 rings (SSSR count). The zero-order chi connectivity index (χ0) is 23.0. The van der Waals surface area contributed by atoms with Crippen molar-refractivity contribution < 1.29 is 13.2 Å². The number of carbonyl (C=O) groups excluding carboxylic acids is 1. The highest BCUT2D eigenvalue weighted by atomic mass is 32.2. The Morgan fingerprint density at radius 3 is 2.34 bits per heavy atom. The van der Waals surface area contributed by atoms with Gasteiger partial charge in [-0.25, -0.2) is 8.42 Å². The number of hydrogen-bond acceptors (Lipinski definition) is 4. The van der Waals surface area contributed by atoms with Crippen molar-refractivity contribution in [2.75, 3.05) is 13.1 Å². The SMILES string of the molecule is CCN(CC)S(=O)(=O)c1ccc(/C=C/C(=O)NCc2ccccc2Cn2cccn2)cc1. The molecule has 3 aromatic rings. The Morgan fingerprint density at radius 1 is 1.03 bits per heavy atom. The predicted molar refractivity (Wildman–Crippen MR) is 125 cm³/mol. The third-order valence-corrected chi connectivity index (χ3v) is 7.18. The van der Waals surface area contributed by atoms with Crippen molar-refractivity contribution >= 4 is 22.0 Å². The minimum atomic E-state index is -3.49. The molecule has 0 aliphatic heterocycles. The third-order valence-electron chi connectivity index (χ3n) is 5.11. The number of carbonyl (C=O) groups is 1. The number of aromatic nitrogens is 2. The van der Waals surface area contributed by atoms with Crippen LogP contribution in [0.4, 0.5) is 0 Å². The molecule has 1 N–H and O–H groups in total. The van der Waals surface area contributed by atoms with Crippen LogP contribution in [0.5, 0.6) is 0 Å². The van der Waals surface area contributed by atoms with Crippen LogP contribution in [-0.2, 0) is 27.9 Å². The van der Waals surface area contributed by atoms with Gasteiger partial charge in [-0.1, -0.05) is 50.2 Å². The number of sulfonamides is 1. The van der Waals surface area contributed by atoms with E-state index < -0.39 is 10.0 Å². The van der Waals surface area contributed by atoms with Gasteiger partial charge in [0.25, 0.3) is 0 Å². The summed E-state index contributed by atoms with van der Waals surface area (Å²) in [6, 6.07) is 16.3. The highest BCUT2D eigenvalue weighted by molar-refractivity contribution is 7.89. The standard InChI is InChI=1S/C24H28N4O3S/c1-3-28(4-2)32(30,31)23-13-10-20(11-14-23)12-15-24(29)25-18-21-8-5-6-9-22(21)19-27-17-7-16-26-27/h5-17H,3-4,18-19H2,1-2H3,(H,25,29)/b15-12+. The molecule has 32 heavy (non-hydrogen) atoms. The van der Waals surface area contributed by atoms with E-state index in [9.17, 15) is 13.2 Å². The molecule has 0 atom stereocenters. The zero-order valence-corrected chi connectivity index (χ0v) is 19.1. The Morgan fingerprint density at radius 2 is 1.72 bits per heavy atom. The highest BCUT2D eigenvalue weighted by Crippen LogP contribution is 2.17. The second-order valence-corrected chi connectivity index (χ2v) is 9.12. The summed E-state index contributed by atoms with van der Waals surface area (Å²) in [4.78, 5) is 12.5. The molecule has 0 aliphatic carbocycles. The summed E-state index contributed by atoms with van der Waals surface area (Å²) in [6.45, 7) is 5.51. The lowest BCUT2D eigenvalue weighted by molar-refractivity contribution is -0.116. The minimum absolute atomic E-state index is 0.223. The maximum Gasteiger partial charge on any atom is 0.244 e. The molecule has 0 saturated carbocycles. The van der Waals surface area contributed by atoms with Gasteiger partial charge in [-0.05, 0) is 41.0 Å². The van der Waals surface area contributed by atoms with Gasteiger partial charge >= 0.3 is 0 Å². The summed E-state index contributed by atoms with van der Waals surface area (Å²) in [5.74, 6) is -0.223. The van der Waals surface area contributed by atoms with E-state index in [1.165, 1.54) is 10.4 Å². The Balaban J connectivity index is 1.60. The molecular weight excluding hydrogens is 424 g/mol. The van der Waals surface area contributed by atoms with Gasteiger partial charge < -0.3 is 5.32 Å². The van der Waals surface area contributed by atoms with Crippen molar-refractivity contribution in [2.45, 2.75) is 31.8 Å². The van der Waals surface area contributed by atoms with Crippen LogP contribution in [0.3, 0.4) is 0 Å². The fourth-order valence-electron chi connectivity index (χ4n) is 3.33. The maximum absolute atomic E-state index is 12.6. The summed E-state index contributed by atoms with van der Waals surface area (Å²) in [5, 5.41) is 7.13. The number of hydrogen-bond donors (Lipinski definition) is 1. The molecule has 0 saturated heterocycles. The Labute approximate surface area is 189 Å². The molecule has 168 valence electrons. The van der Waals surface area contributed by atoms with Crippen LogP contribution in [0.2, 0.25) is 0 Å². The number of rotatable bonds is 10. The van der Waals surface area contributed by atoms with Gasteiger partial charge in [0.05, 0.1) is 11.4 Å². The quantitative estimate of drug-likeness (QED) is 0.479.